The summed E-state index contributed by atoms with van der Waals surface area (Å²) in [5.74, 6) is -0.881. The van der Waals surface area contributed by atoms with Gasteiger partial charge < -0.3 is 23.7 Å². The van der Waals surface area contributed by atoms with Gasteiger partial charge in [0.25, 0.3) is 0 Å². The van der Waals surface area contributed by atoms with Crippen LogP contribution in [0, 0.1) is 0 Å². The number of aromatic nitrogens is 1. The van der Waals surface area contributed by atoms with Gasteiger partial charge in [0.1, 0.15) is 6.54 Å². The second-order valence-electron chi connectivity index (χ2n) is 6.13. The minimum atomic E-state index is -0.483. The minimum absolute atomic E-state index is 0.0531. The van der Waals surface area contributed by atoms with Gasteiger partial charge in [0, 0.05) is 24.8 Å². The predicted molar refractivity (Wildman–Crippen MR) is 101 cm³/mol. The van der Waals surface area contributed by atoms with E-state index in [-0.39, 0.29) is 13.2 Å². The topological polar surface area (TPSA) is 70.0 Å². The zero-order chi connectivity index (χ0) is 19.2. The van der Waals surface area contributed by atoms with Crippen molar-refractivity contribution in [3.05, 3.63) is 42.2 Å². The Hall–Kier alpha value is -2.80. The van der Waals surface area contributed by atoms with Crippen molar-refractivity contribution < 1.29 is 23.8 Å². The van der Waals surface area contributed by atoms with Gasteiger partial charge in [-0.05, 0) is 12.5 Å². The first-order chi connectivity index (χ1) is 13.2. The van der Waals surface area contributed by atoms with Gasteiger partial charge in [0.15, 0.2) is 5.69 Å². The smallest absolute Gasteiger partial charge is 0.356 e. The van der Waals surface area contributed by atoms with E-state index in [1.165, 1.54) is 7.11 Å². The highest BCUT2D eigenvalue weighted by Crippen LogP contribution is 2.37. The molecule has 0 atom stereocenters. The molecule has 0 spiro atoms. The Morgan fingerprint density at radius 2 is 1.85 bits per heavy atom. The number of anilines is 1. The molecule has 7 heteroatoms. The van der Waals surface area contributed by atoms with Gasteiger partial charge >= 0.3 is 11.9 Å². The lowest BCUT2D eigenvalue weighted by Crippen LogP contribution is -2.37. The van der Waals surface area contributed by atoms with Crippen molar-refractivity contribution in [1.29, 1.82) is 0 Å². The van der Waals surface area contributed by atoms with Gasteiger partial charge in [-0.25, -0.2) is 4.79 Å². The van der Waals surface area contributed by atoms with Crippen molar-refractivity contribution >= 4 is 17.6 Å². The summed E-state index contributed by atoms with van der Waals surface area (Å²) in [6.07, 6.45) is 1.82. The van der Waals surface area contributed by atoms with Crippen LogP contribution in [0.1, 0.15) is 17.4 Å². The van der Waals surface area contributed by atoms with Crippen molar-refractivity contribution in [3.63, 3.8) is 0 Å². The minimum Gasteiger partial charge on any atom is -0.465 e. The van der Waals surface area contributed by atoms with Gasteiger partial charge in [-0.2, -0.15) is 0 Å². The lowest BCUT2D eigenvalue weighted by molar-refractivity contribution is -0.143. The molecule has 7 nitrogen and oxygen atoms in total. The van der Waals surface area contributed by atoms with Crippen LogP contribution in [0.3, 0.4) is 0 Å². The van der Waals surface area contributed by atoms with E-state index in [1.807, 2.05) is 36.5 Å². The van der Waals surface area contributed by atoms with Crippen LogP contribution in [0.5, 0.6) is 0 Å². The second-order valence-corrected chi connectivity index (χ2v) is 6.13. The van der Waals surface area contributed by atoms with Crippen LogP contribution in [0.15, 0.2) is 36.5 Å². The molecule has 1 saturated heterocycles. The van der Waals surface area contributed by atoms with Crippen molar-refractivity contribution in [2.75, 3.05) is 44.9 Å². The number of methoxy groups -OCH3 is 1. The number of morpholine rings is 1. The summed E-state index contributed by atoms with van der Waals surface area (Å²) < 4.78 is 17.2. The van der Waals surface area contributed by atoms with E-state index in [0.29, 0.717) is 32.0 Å². The SMILES string of the molecule is CCOC(=O)Cn1cc(-c2ccccc2)c(N2CCOCC2)c1C(=O)OC. The molecule has 0 N–H and O–H groups in total. The number of hydrogen-bond donors (Lipinski definition) is 0. The highest BCUT2D eigenvalue weighted by Gasteiger charge is 2.29. The molecule has 2 aromatic rings. The predicted octanol–water partition coefficient (Wildman–Crippen LogP) is 2.34. The Kier molecular flexibility index (Phi) is 6.13. The average Bonchev–Trinajstić information content (AvgIpc) is 3.08. The molecule has 0 unspecified atom stereocenters. The molecule has 1 aliphatic rings. The molecule has 0 amide bonds. The molecular formula is C20H24N2O5. The third-order valence-electron chi connectivity index (χ3n) is 4.45. The Labute approximate surface area is 158 Å². The van der Waals surface area contributed by atoms with E-state index in [9.17, 15) is 9.59 Å². The van der Waals surface area contributed by atoms with Crippen LogP contribution in [0.25, 0.3) is 11.1 Å². The van der Waals surface area contributed by atoms with Crippen molar-refractivity contribution in [2.24, 2.45) is 0 Å². The van der Waals surface area contributed by atoms with Crippen LogP contribution in [-0.4, -0.2) is 56.5 Å². The maximum atomic E-state index is 12.6. The Bertz CT molecular complexity index is 794. The van der Waals surface area contributed by atoms with Gasteiger partial charge in [-0.3, -0.25) is 4.79 Å². The maximum Gasteiger partial charge on any atom is 0.356 e. The summed E-state index contributed by atoms with van der Waals surface area (Å²) in [5, 5.41) is 0. The molecule has 2 heterocycles. The highest BCUT2D eigenvalue weighted by atomic mass is 16.5. The largest absolute Gasteiger partial charge is 0.465 e. The van der Waals surface area contributed by atoms with Crippen LogP contribution < -0.4 is 4.90 Å². The van der Waals surface area contributed by atoms with Gasteiger partial charge in [-0.15, -0.1) is 0 Å². The molecule has 1 fully saturated rings. The zero-order valence-electron chi connectivity index (χ0n) is 15.6. The third kappa shape index (κ3) is 4.14. The molecule has 1 aromatic carbocycles. The number of esters is 2. The number of hydrogen-bond acceptors (Lipinski definition) is 6. The fraction of sp³-hybridized carbons (Fsp3) is 0.400. The van der Waals surface area contributed by atoms with Crippen molar-refractivity contribution in [3.8, 4) is 11.1 Å². The second kappa shape index (κ2) is 8.73. The van der Waals surface area contributed by atoms with E-state index < -0.39 is 11.9 Å². The molecule has 27 heavy (non-hydrogen) atoms. The monoisotopic (exact) mass is 372 g/mol. The van der Waals surface area contributed by atoms with Crippen LogP contribution in [0.4, 0.5) is 5.69 Å². The molecule has 1 aromatic heterocycles. The summed E-state index contributed by atoms with van der Waals surface area (Å²) in [5.41, 5.74) is 2.96. The maximum absolute atomic E-state index is 12.6. The number of benzene rings is 1. The molecule has 0 bridgehead atoms. The molecular weight excluding hydrogens is 348 g/mol. The highest BCUT2D eigenvalue weighted by molar-refractivity contribution is 6.00. The van der Waals surface area contributed by atoms with Crippen LogP contribution in [-0.2, 0) is 25.5 Å². The fourth-order valence-electron chi connectivity index (χ4n) is 3.26. The van der Waals surface area contributed by atoms with E-state index in [2.05, 4.69) is 4.90 Å². The van der Waals surface area contributed by atoms with E-state index >= 15 is 0 Å². The van der Waals surface area contributed by atoms with Gasteiger partial charge in [0.2, 0.25) is 0 Å². The number of carbonyl (C=O) groups excluding carboxylic acids is 2. The summed E-state index contributed by atoms with van der Waals surface area (Å²) in [4.78, 5) is 26.8. The summed E-state index contributed by atoms with van der Waals surface area (Å²) >= 11 is 0. The number of ether oxygens (including phenoxy) is 3. The van der Waals surface area contributed by atoms with Gasteiger partial charge in [0.05, 0.1) is 32.6 Å². The molecule has 1 aliphatic heterocycles. The Balaban J connectivity index is 2.14. The van der Waals surface area contributed by atoms with Crippen molar-refractivity contribution in [2.45, 2.75) is 13.5 Å². The normalized spacial score (nSPS) is 14.1. The molecule has 0 radical (unpaired) electrons. The Morgan fingerprint density at radius 3 is 2.48 bits per heavy atom. The van der Waals surface area contributed by atoms with Crippen LogP contribution >= 0.6 is 0 Å². The Morgan fingerprint density at radius 1 is 1.15 bits per heavy atom. The zero-order valence-corrected chi connectivity index (χ0v) is 15.6. The lowest BCUT2D eigenvalue weighted by atomic mass is 10.1. The number of nitrogens with zero attached hydrogens (tertiary/aromatic N) is 2. The lowest BCUT2D eigenvalue weighted by Gasteiger charge is -2.30. The number of carbonyl (C=O) groups is 2. The van der Waals surface area contributed by atoms with Gasteiger partial charge in [-0.1, -0.05) is 30.3 Å². The quantitative estimate of drug-likeness (QED) is 0.725. The molecule has 144 valence electrons. The fourth-order valence-corrected chi connectivity index (χ4v) is 3.26. The first-order valence-corrected chi connectivity index (χ1v) is 9.00. The first-order valence-electron chi connectivity index (χ1n) is 9.00. The van der Waals surface area contributed by atoms with Crippen molar-refractivity contribution in [1.82, 2.24) is 4.57 Å². The van der Waals surface area contributed by atoms with E-state index in [0.717, 1.165) is 16.8 Å². The molecule has 0 saturated carbocycles. The third-order valence-corrected chi connectivity index (χ3v) is 4.45. The van der Waals surface area contributed by atoms with Crippen LogP contribution in [0.2, 0.25) is 0 Å². The average molecular weight is 372 g/mol. The van der Waals surface area contributed by atoms with E-state index in [4.69, 9.17) is 14.2 Å². The summed E-state index contributed by atoms with van der Waals surface area (Å²) in [6, 6.07) is 9.79. The molecule has 3 rings (SSSR count). The summed E-state index contributed by atoms with van der Waals surface area (Å²) in [7, 11) is 1.34. The number of rotatable bonds is 6. The standard InChI is InChI=1S/C20H24N2O5/c1-3-27-17(23)14-22-13-16(15-7-5-4-6-8-15)18(19(22)20(24)25-2)21-9-11-26-12-10-21/h4-8,13H,3,9-12,14H2,1-2H3. The molecule has 0 aliphatic carbocycles. The van der Waals surface area contributed by atoms with E-state index in [1.54, 1.807) is 11.5 Å². The summed E-state index contributed by atoms with van der Waals surface area (Å²) in [6.45, 7) is 4.47. The first kappa shape index (κ1) is 19.0.